The van der Waals surface area contributed by atoms with E-state index in [9.17, 15) is 9.59 Å². The van der Waals surface area contributed by atoms with Crippen molar-refractivity contribution in [1.82, 2.24) is 20.4 Å². The number of thioether (sulfide) groups is 1. The molecule has 9 heteroatoms. The topological polar surface area (TPSA) is 94.5 Å². The van der Waals surface area contributed by atoms with Crippen LogP contribution in [0.15, 0.2) is 59.9 Å². The normalized spacial score (nSPS) is 10.4. The first-order chi connectivity index (χ1) is 14.6. The molecule has 3 aromatic rings. The van der Waals surface area contributed by atoms with Crippen LogP contribution in [0.25, 0.3) is 5.69 Å². The highest BCUT2D eigenvalue weighted by Gasteiger charge is 2.19. The number of hydrogen-bond donors (Lipinski definition) is 2. The van der Waals surface area contributed by atoms with Gasteiger partial charge in [0.05, 0.1) is 19.9 Å². The smallest absolute Gasteiger partial charge is 0.288 e. The molecule has 3 rings (SSSR count). The molecule has 30 heavy (non-hydrogen) atoms. The first-order valence-corrected chi connectivity index (χ1v) is 10.4. The predicted molar refractivity (Wildman–Crippen MR) is 114 cm³/mol. The van der Waals surface area contributed by atoms with Crippen LogP contribution in [-0.2, 0) is 0 Å². The average molecular weight is 426 g/mol. The van der Waals surface area contributed by atoms with Gasteiger partial charge in [0, 0.05) is 11.3 Å². The number of methoxy groups -OCH3 is 1. The van der Waals surface area contributed by atoms with Crippen molar-refractivity contribution in [2.75, 3.05) is 20.0 Å². The second-order valence-electron chi connectivity index (χ2n) is 6.01. The van der Waals surface area contributed by atoms with Crippen LogP contribution in [0.4, 0.5) is 0 Å². The van der Waals surface area contributed by atoms with E-state index in [4.69, 9.17) is 9.47 Å². The maximum absolute atomic E-state index is 12.7. The van der Waals surface area contributed by atoms with Crippen LogP contribution in [0, 0.1) is 0 Å². The monoisotopic (exact) mass is 426 g/mol. The van der Waals surface area contributed by atoms with E-state index in [1.165, 1.54) is 25.1 Å². The van der Waals surface area contributed by atoms with Crippen LogP contribution in [0.2, 0.25) is 0 Å². The lowest BCUT2D eigenvalue weighted by atomic mass is 10.2. The molecule has 0 aliphatic heterocycles. The Balaban J connectivity index is 1.75. The van der Waals surface area contributed by atoms with E-state index in [0.29, 0.717) is 34.5 Å². The summed E-state index contributed by atoms with van der Waals surface area (Å²) in [7, 11) is 1.50. The number of ether oxygens (including phenoxy) is 2. The minimum Gasteiger partial charge on any atom is -0.493 e. The van der Waals surface area contributed by atoms with Gasteiger partial charge in [-0.25, -0.2) is 4.98 Å². The fourth-order valence-electron chi connectivity index (χ4n) is 2.80. The average Bonchev–Trinajstić information content (AvgIpc) is 3.22. The number of hydrogen-bond acceptors (Lipinski definition) is 6. The van der Waals surface area contributed by atoms with Crippen LogP contribution < -0.4 is 20.3 Å². The molecule has 1 aromatic heterocycles. The third kappa shape index (κ3) is 4.57. The fourth-order valence-corrected chi connectivity index (χ4v) is 3.34. The molecule has 0 spiro atoms. The standard InChI is InChI=1S/C21H22N4O4S/c1-4-29-17-11-10-14(12-18(17)28-2)19(26)23-24-20(27)16-13-22-21(30-3)25(16)15-8-6-5-7-9-15/h5-13H,4H2,1-3H3,(H,23,26)(H,24,27). The SMILES string of the molecule is CCOc1ccc(C(=O)NNC(=O)c2cnc(SC)n2-c2ccccc2)cc1OC. The first-order valence-electron chi connectivity index (χ1n) is 9.17. The third-order valence-corrected chi connectivity index (χ3v) is 4.83. The predicted octanol–water partition coefficient (Wildman–Crippen LogP) is 3.08. The van der Waals surface area contributed by atoms with E-state index in [2.05, 4.69) is 15.8 Å². The molecule has 0 aliphatic rings. The maximum atomic E-state index is 12.7. The first kappa shape index (κ1) is 21.3. The van der Waals surface area contributed by atoms with Crippen LogP contribution in [0.1, 0.15) is 27.8 Å². The number of nitrogens with one attached hydrogen (secondary N) is 2. The number of benzene rings is 2. The van der Waals surface area contributed by atoms with Gasteiger partial charge < -0.3 is 9.47 Å². The number of nitrogens with zero attached hydrogens (tertiary/aromatic N) is 2. The molecule has 156 valence electrons. The van der Waals surface area contributed by atoms with Crippen molar-refractivity contribution < 1.29 is 19.1 Å². The Morgan fingerprint density at radius 2 is 1.80 bits per heavy atom. The Hall–Kier alpha value is -3.46. The van der Waals surface area contributed by atoms with Crippen molar-refractivity contribution in [1.29, 1.82) is 0 Å². The van der Waals surface area contributed by atoms with Crippen molar-refractivity contribution in [3.8, 4) is 17.2 Å². The molecule has 0 saturated heterocycles. The van der Waals surface area contributed by atoms with Gasteiger partial charge in [-0.3, -0.25) is 25.0 Å². The molecular weight excluding hydrogens is 404 g/mol. The van der Waals surface area contributed by atoms with Crippen molar-refractivity contribution in [3.05, 3.63) is 66.0 Å². The van der Waals surface area contributed by atoms with E-state index in [0.717, 1.165) is 5.69 Å². The summed E-state index contributed by atoms with van der Waals surface area (Å²) in [5, 5.41) is 0.661. The van der Waals surface area contributed by atoms with E-state index < -0.39 is 11.8 Å². The molecule has 1 heterocycles. The van der Waals surface area contributed by atoms with Gasteiger partial charge in [0.2, 0.25) is 0 Å². The van der Waals surface area contributed by atoms with Crippen molar-refractivity contribution >= 4 is 23.6 Å². The number of rotatable bonds is 7. The molecule has 0 fully saturated rings. The van der Waals surface area contributed by atoms with Crippen LogP contribution in [-0.4, -0.2) is 41.3 Å². The van der Waals surface area contributed by atoms with Crippen LogP contribution in [0.5, 0.6) is 11.5 Å². The van der Waals surface area contributed by atoms with Crippen LogP contribution >= 0.6 is 11.8 Å². The lowest BCUT2D eigenvalue weighted by Gasteiger charge is -2.13. The Labute approximate surface area is 178 Å². The summed E-state index contributed by atoms with van der Waals surface area (Å²) in [6, 6.07) is 14.2. The number of amides is 2. The zero-order chi connectivity index (χ0) is 21.5. The summed E-state index contributed by atoms with van der Waals surface area (Å²) in [6.07, 6.45) is 3.35. The molecular formula is C21H22N4O4S. The van der Waals surface area contributed by atoms with Gasteiger partial charge in [-0.2, -0.15) is 0 Å². The molecule has 2 amide bonds. The number of carbonyl (C=O) groups is 2. The Morgan fingerprint density at radius 1 is 1.07 bits per heavy atom. The van der Waals surface area contributed by atoms with E-state index in [1.54, 1.807) is 22.8 Å². The van der Waals surface area contributed by atoms with Crippen LogP contribution in [0.3, 0.4) is 0 Å². The van der Waals surface area contributed by atoms with E-state index in [1.807, 2.05) is 43.5 Å². The van der Waals surface area contributed by atoms with Crippen molar-refractivity contribution in [3.63, 3.8) is 0 Å². The number of imidazole rings is 1. The molecule has 8 nitrogen and oxygen atoms in total. The zero-order valence-electron chi connectivity index (χ0n) is 16.8. The molecule has 0 aliphatic carbocycles. The summed E-state index contributed by atoms with van der Waals surface area (Å²) >= 11 is 1.42. The Morgan fingerprint density at radius 3 is 2.47 bits per heavy atom. The second kappa shape index (κ2) is 9.84. The lowest BCUT2D eigenvalue weighted by Crippen LogP contribution is -2.42. The molecule has 0 atom stereocenters. The molecule has 0 saturated carbocycles. The summed E-state index contributed by atoms with van der Waals surface area (Å²) in [4.78, 5) is 29.5. The number of aromatic nitrogens is 2. The van der Waals surface area contributed by atoms with Gasteiger partial charge in [0.15, 0.2) is 16.7 Å². The lowest BCUT2D eigenvalue weighted by molar-refractivity contribution is 0.0842. The summed E-state index contributed by atoms with van der Waals surface area (Å²) in [5.74, 6) is -0.00185. The summed E-state index contributed by atoms with van der Waals surface area (Å²) in [5.41, 5.74) is 6.28. The highest BCUT2D eigenvalue weighted by atomic mass is 32.2. The number of hydrazine groups is 1. The van der Waals surface area contributed by atoms with Gasteiger partial charge in [0.1, 0.15) is 5.69 Å². The van der Waals surface area contributed by atoms with Crippen molar-refractivity contribution in [2.45, 2.75) is 12.1 Å². The number of para-hydroxylation sites is 1. The zero-order valence-corrected chi connectivity index (χ0v) is 17.7. The molecule has 0 radical (unpaired) electrons. The summed E-state index contributed by atoms with van der Waals surface area (Å²) in [6.45, 7) is 2.34. The van der Waals surface area contributed by atoms with Gasteiger partial charge in [-0.05, 0) is 43.5 Å². The minimum absolute atomic E-state index is 0.301. The van der Waals surface area contributed by atoms with Gasteiger partial charge in [-0.15, -0.1) is 0 Å². The Bertz CT molecular complexity index is 1040. The third-order valence-electron chi connectivity index (χ3n) is 4.17. The van der Waals surface area contributed by atoms with Crippen molar-refractivity contribution in [2.24, 2.45) is 0 Å². The van der Waals surface area contributed by atoms with E-state index in [-0.39, 0.29) is 0 Å². The minimum atomic E-state index is -0.488. The quantitative estimate of drug-likeness (QED) is 0.445. The summed E-state index contributed by atoms with van der Waals surface area (Å²) < 4.78 is 12.4. The van der Waals surface area contributed by atoms with E-state index >= 15 is 0 Å². The molecule has 0 unspecified atom stereocenters. The highest BCUT2D eigenvalue weighted by molar-refractivity contribution is 7.98. The highest BCUT2D eigenvalue weighted by Crippen LogP contribution is 2.28. The largest absolute Gasteiger partial charge is 0.493 e. The fraction of sp³-hybridized carbons (Fsp3) is 0.190. The second-order valence-corrected chi connectivity index (χ2v) is 6.78. The van der Waals surface area contributed by atoms with Gasteiger partial charge in [0.25, 0.3) is 11.8 Å². The molecule has 2 aromatic carbocycles. The maximum Gasteiger partial charge on any atom is 0.288 e. The Kier molecular flexibility index (Phi) is 6.97. The molecule has 0 bridgehead atoms. The molecule has 2 N–H and O–H groups in total. The van der Waals surface area contributed by atoms with Gasteiger partial charge >= 0.3 is 0 Å². The van der Waals surface area contributed by atoms with Gasteiger partial charge in [-0.1, -0.05) is 30.0 Å². The number of carbonyl (C=O) groups excluding carboxylic acids is 2.